The van der Waals surface area contributed by atoms with Crippen molar-refractivity contribution in [2.45, 2.75) is 6.42 Å². The lowest BCUT2D eigenvalue weighted by molar-refractivity contribution is 0.405. The van der Waals surface area contributed by atoms with E-state index in [4.69, 9.17) is 15.2 Å². The van der Waals surface area contributed by atoms with Crippen molar-refractivity contribution in [2.75, 3.05) is 26.1 Å². The van der Waals surface area contributed by atoms with E-state index in [1.807, 2.05) is 6.07 Å². The number of hydrogen-bond donors (Lipinski definition) is 2. The van der Waals surface area contributed by atoms with Crippen molar-refractivity contribution in [3.05, 3.63) is 53.8 Å². The third-order valence-corrected chi connectivity index (χ3v) is 3.24. The monoisotopic (exact) mass is 445 g/mol. The fourth-order valence-corrected chi connectivity index (χ4v) is 2.09. The third kappa shape index (κ3) is 5.88. The summed E-state index contributed by atoms with van der Waals surface area (Å²) in [6, 6.07) is 11.8. The summed E-state index contributed by atoms with van der Waals surface area (Å²) in [4.78, 5) is 4.24. The fraction of sp³-hybridized carbons (Fsp3) is 0.235. The normalized spacial score (nSPS) is 10.7. The maximum Gasteiger partial charge on any atom is 0.193 e. The van der Waals surface area contributed by atoms with E-state index in [1.165, 1.54) is 12.1 Å². The van der Waals surface area contributed by atoms with Crippen molar-refractivity contribution < 1.29 is 13.9 Å². The van der Waals surface area contributed by atoms with E-state index in [2.05, 4.69) is 10.3 Å². The standard InChI is InChI=1S/C17H20FN3O2.HI/c1-22-14-6-7-16(23-2)15(11-14)21-17(19)20-9-8-12-4-3-5-13(18)10-12;/h3-7,10-11H,8-9H2,1-2H3,(H3,19,20,21);1H. The van der Waals surface area contributed by atoms with E-state index in [0.29, 0.717) is 30.2 Å². The number of anilines is 1. The number of rotatable bonds is 6. The molecule has 2 aromatic rings. The van der Waals surface area contributed by atoms with Crippen LogP contribution in [0.4, 0.5) is 10.1 Å². The fourth-order valence-electron chi connectivity index (χ4n) is 2.09. The van der Waals surface area contributed by atoms with Crippen molar-refractivity contribution in [3.63, 3.8) is 0 Å². The Kier molecular flexibility index (Phi) is 8.31. The zero-order valence-corrected chi connectivity index (χ0v) is 15.9. The Morgan fingerprint density at radius 1 is 1.17 bits per heavy atom. The minimum atomic E-state index is -0.251. The molecule has 2 aromatic carbocycles. The van der Waals surface area contributed by atoms with Gasteiger partial charge in [0.25, 0.3) is 0 Å². The van der Waals surface area contributed by atoms with Gasteiger partial charge in [0.05, 0.1) is 19.9 Å². The molecule has 0 radical (unpaired) electrons. The van der Waals surface area contributed by atoms with Crippen LogP contribution >= 0.6 is 24.0 Å². The first-order valence-corrected chi connectivity index (χ1v) is 7.16. The summed E-state index contributed by atoms with van der Waals surface area (Å²) in [6.07, 6.45) is 0.607. The molecule has 2 rings (SSSR count). The van der Waals surface area contributed by atoms with E-state index in [0.717, 1.165) is 5.56 Å². The van der Waals surface area contributed by atoms with Crippen LogP contribution in [-0.2, 0) is 6.42 Å². The minimum absolute atomic E-state index is 0. The number of guanidine groups is 1. The summed E-state index contributed by atoms with van der Waals surface area (Å²) >= 11 is 0. The third-order valence-electron chi connectivity index (χ3n) is 3.24. The quantitative estimate of drug-likeness (QED) is 0.406. The average molecular weight is 445 g/mol. The number of hydrogen-bond acceptors (Lipinski definition) is 3. The molecule has 5 nitrogen and oxygen atoms in total. The van der Waals surface area contributed by atoms with E-state index < -0.39 is 0 Å². The number of methoxy groups -OCH3 is 2. The predicted molar refractivity (Wildman–Crippen MR) is 105 cm³/mol. The summed E-state index contributed by atoms with van der Waals surface area (Å²) in [5.74, 6) is 1.32. The van der Waals surface area contributed by atoms with E-state index in [-0.39, 0.29) is 35.8 Å². The van der Waals surface area contributed by atoms with Crippen LogP contribution in [0.5, 0.6) is 11.5 Å². The van der Waals surface area contributed by atoms with Crippen LogP contribution in [0.2, 0.25) is 0 Å². The molecular formula is C17H21FIN3O2. The number of aliphatic imine (C=N–C) groups is 1. The highest BCUT2D eigenvalue weighted by Gasteiger charge is 2.06. The van der Waals surface area contributed by atoms with Crippen LogP contribution in [0, 0.1) is 5.82 Å². The Hall–Kier alpha value is -2.03. The molecule has 3 N–H and O–H groups in total. The molecule has 0 saturated carbocycles. The number of halogens is 2. The van der Waals surface area contributed by atoms with Gasteiger partial charge in [-0.15, -0.1) is 24.0 Å². The molecule has 0 atom stereocenters. The highest BCUT2D eigenvalue weighted by molar-refractivity contribution is 14.0. The molecule has 0 aliphatic rings. The number of nitrogens with one attached hydrogen (secondary N) is 1. The summed E-state index contributed by atoms with van der Waals surface area (Å²) < 4.78 is 23.5. The van der Waals surface area contributed by atoms with Crippen LogP contribution in [0.25, 0.3) is 0 Å². The van der Waals surface area contributed by atoms with Crippen LogP contribution in [0.1, 0.15) is 5.56 Å². The second-order valence-electron chi connectivity index (χ2n) is 4.84. The first-order chi connectivity index (χ1) is 11.1. The molecule has 0 fully saturated rings. The molecular weight excluding hydrogens is 424 g/mol. The van der Waals surface area contributed by atoms with Gasteiger partial charge in [0.1, 0.15) is 17.3 Å². The van der Waals surface area contributed by atoms with Crippen molar-refractivity contribution >= 4 is 35.6 Å². The predicted octanol–water partition coefficient (Wildman–Crippen LogP) is 3.43. The van der Waals surface area contributed by atoms with Gasteiger partial charge in [-0.3, -0.25) is 4.99 Å². The van der Waals surface area contributed by atoms with Crippen molar-refractivity contribution in [1.29, 1.82) is 0 Å². The molecule has 130 valence electrons. The van der Waals surface area contributed by atoms with Gasteiger partial charge in [-0.25, -0.2) is 4.39 Å². The Morgan fingerprint density at radius 3 is 2.62 bits per heavy atom. The number of nitrogens with two attached hydrogens (primary N) is 1. The van der Waals surface area contributed by atoms with Crippen LogP contribution in [0.3, 0.4) is 0 Å². The van der Waals surface area contributed by atoms with Gasteiger partial charge in [0.15, 0.2) is 5.96 Å². The summed E-state index contributed by atoms with van der Waals surface area (Å²) in [7, 11) is 3.16. The largest absolute Gasteiger partial charge is 0.497 e. The average Bonchev–Trinajstić information content (AvgIpc) is 2.55. The van der Waals surface area contributed by atoms with Crippen LogP contribution in [0.15, 0.2) is 47.5 Å². The lowest BCUT2D eigenvalue weighted by Crippen LogP contribution is -2.23. The van der Waals surface area contributed by atoms with Crippen molar-refractivity contribution in [1.82, 2.24) is 0 Å². The topological polar surface area (TPSA) is 68.9 Å². The number of benzene rings is 2. The van der Waals surface area contributed by atoms with Gasteiger partial charge in [0.2, 0.25) is 0 Å². The van der Waals surface area contributed by atoms with Crippen LogP contribution in [-0.4, -0.2) is 26.7 Å². The maximum atomic E-state index is 13.1. The molecule has 0 amide bonds. The summed E-state index contributed by atoms with van der Waals surface area (Å²) in [6.45, 7) is 0.453. The molecule has 0 spiro atoms. The van der Waals surface area contributed by atoms with Crippen LogP contribution < -0.4 is 20.5 Å². The Labute approximate surface area is 158 Å². The van der Waals surface area contributed by atoms with E-state index >= 15 is 0 Å². The SMILES string of the molecule is COc1ccc(OC)c(NC(N)=NCCc2cccc(F)c2)c1.I. The van der Waals surface area contributed by atoms with Gasteiger partial charge < -0.3 is 20.5 Å². The van der Waals surface area contributed by atoms with Gasteiger partial charge in [-0.2, -0.15) is 0 Å². The Bertz CT molecular complexity index is 695. The first-order valence-electron chi connectivity index (χ1n) is 7.16. The molecule has 0 aromatic heterocycles. The second kappa shape index (κ2) is 9.96. The molecule has 7 heteroatoms. The molecule has 0 bridgehead atoms. The zero-order valence-electron chi connectivity index (χ0n) is 13.6. The smallest absolute Gasteiger partial charge is 0.193 e. The van der Waals surface area contributed by atoms with Crippen molar-refractivity contribution in [3.8, 4) is 11.5 Å². The minimum Gasteiger partial charge on any atom is -0.497 e. The van der Waals surface area contributed by atoms with Gasteiger partial charge in [0, 0.05) is 12.6 Å². The highest BCUT2D eigenvalue weighted by Crippen LogP contribution is 2.28. The zero-order chi connectivity index (χ0) is 16.7. The molecule has 0 aliphatic heterocycles. The van der Waals surface area contributed by atoms with Crippen molar-refractivity contribution in [2.24, 2.45) is 10.7 Å². The maximum absolute atomic E-state index is 13.1. The summed E-state index contributed by atoms with van der Waals surface area (Å²) in [5.41, 5.74) is 7.42. The molecule has 0 saturated heterocycles. The summed E-state index contributed by atoms with van der Waals surface area (Å²) in [5, 5.41) is 2.98. The molecule has 0 aliphatic carbocycles. The lowest BCUT2D eigenvalue weighted by atomic mass is 10.1. The molecule has 0 unspecified atom stereocenters. The Morgan fingerprint density at radius 2 is 1.96 bits per heavy atom. The number of nitrogens with zero attached hydrogens (tertiary/aromatic N) is 1. The lowest BCUT2D eigenvalue weighted by Gasteiger charge is -2.12. The van der Waals surface area contributed by atoms with Gasteiger partial charge >= 0.3 is 0 Å². The first kappa shape index (κ1) is 20.0. The Balaban J connectivity index is 0.00000288. The molecule has 24 heavy (non-hydrogen) atoms. The number of ether oxygens (including phenoxy) is 2. The van der Waals surface area contributed by atoms with E-state index in [9.17, 15) is 4.39 Å². The highest BCUT2D eigenvalue weighted by atomic mass is 127. The van der Waals surface area contributed by atoms with Gasteiger partial charge in [-0.1, -0.05) is 12.1 Å². The second-order valence-corrected chi connectivity index (χ2v) is 4.84. The molecule has 0 heterocycles. The van der Waals surface area contributed by atoms with Gasteiger partial charge in [-0.05, 0) is 36.2 Å². The van der Waals surface area contributed by atoms with E-state index in [1.54, 1.807) is 38.5 Å².